The molecule has 0 radical (unpaired) electrons. The zero-order valence-corrected chi connectivity index (χ0v) is 19.2. The van der Waals surface area contributed by atoms with E-state index >= 15 is 0 Å². The maximum atomic E-state index is 11.4. The third-order valence-electron chi connectivity index (χ3n) is 5.66. The van der Waals surface area contributed by atoms with Crippen LogP contribution in [0.25, 0.3) is 0 Å². The molecule has 3 aromatic rings. The second kappa shape index (κ2) is 10.3. The van der Waals surface area contributed by atoms with Crippen molar-refractivity contribution in [3.05, 3.63) is 102 Å². The van der Waals surface area contributed by atoms with Crippen molar-refractivity contribution in [3.63, 3.8) is 0 Å². The molecule has 2 aliphatic heterocycles. The van der Waals surface area contributed by atoms with Crippen molar-refractivity contribution in [2.45, 2.75) is 42.3 Å². The van der Waals surface area contributed by atoms with Crippen LogP contribution in [0.3, 0.4) is 0 Å². The van der Waals surface area contributed by atoms with Crippen molar-refractivity contribution >= 4 is 19.4 Å². The van der Waals surface area contributed by atoms with Gasteiger partial charge in [0.1, 0.15) is 0 Å². The predicted octanol–water partition coefficient (Wildman–Crippen LogP) is 2.80. The molecule has 2 heterocycles. The number of ether oxygens (including phenoxy) is 4. The molecule has 1 N–H and O–H groups in total. The Bertz CT molecular complexity index is 971. The molecule has 5 nitrogen and oxygen atoms in total. The summed E-state index contributed by atoms with van der Waals surface area (Å²) >= 11 is -0.0369. The standard InChI is InChI=1S/C26H26O5Se/c27-22-23-21(17-29-25(31-23)19-12-6-2-7-13-19)30-26(32-20-14-8-3-9-15-20)24(22)28-16-18-10-4-1-5-11-18/h1-15,21-27H,16-17H2/t21-,22+,23+,24-,25+,26+/m1/s1. The zero-order chi connectivity index (χ0) is 21.8. The van der Waals surface area contributed by atoms with Gasteiger partial charge in [0.2, 0.25) is 0 Å². The normalized spacial score (nSPS) is 29.9. The minimum atomic E-state index is -0.817. The maximum absolute atomic E-state index is 11.4. The molecule has 0 saturated carbocycles. The van der Waals surface area contributed by atoms with Gasteiger partial charge >= 0.3 is 195 Å². The number of aliphatic hydroxyl groups is 1. The Morgan fingerprint density at radius 3 is 2.22 bits per heavy atom. The van der Waals surface area contributed by atoms with Gasteiger partial charge < -0.3 is 0 Å². The van der Waals surface area contributed by atoms with E-state index in [1.807, 2.05) is 78.9 Å². The molecular weight excluding hydrogens is 471 g/mol. The molecule has 166 valence electrons. The summed E-state index contributed by atoms with van der Waals surface area (Å²) < 4.78 is 26.1. The van der Waals surface area contributed by atoms with Crippen LogP contribution in [0.15, 0.2) is 91.0 Å². The van der Waals surface area contributed by atoms with Gasteiger partial charge in [0.05, 0.1) is 0 Å². The topological polar surface area (TPSA) is 57.2 Å². The molecule has 2 fully saturated rings. The average molecular weight is 497 g/mol. The second-order valence-corrected chi connectivity index (χ2v) is 10.4. The Hall–Kier alpha value is -2.02. The third-order valence-corrected chi connectivity index (χ3v) is 8.09. The number of aliphatic hydroxyl groups excluding tert-OH is 1. The van der Waals surface area contributed by atoms with Gasteiger partial charge in [-0.3, -0.25) is 0 Å². The van der Waals surface area contributed by atoms with Crippen LogP contribution < -0.4 is 4.46 Å². The van der Waals surface area contributed by atoms with Gasteiger partial charge in [0.25, 0.3) is 0 Å². The molecule has 0 aliphatic carbocycles. The average Bonchev–Trinajstić information content (AvgIpc) is 2.85. The van der Waals surface area contributed by atoms with Gasteiger partial charge in [0, 0.05) is 0 Å². The number of rotatable bonds is 6. The van der Waals surface area contributed by atoms with Gasteiger partial charge in [-0.05, 0) is 0 Å². The van der Waals surface area contributed by atoms with Crippen LogP contribution in [0, 0.1) is 0 Å². The van der Waals surface area contributed by atoms with E-state index in [9.17, 15) is 5.11 Å². The monoisotopic (exact) mass is 498 g/mol. The molecule has 6 atom stereocenters. The third kappa shape index (κ3) is 4.98. The Morgan fingerprint density at radius 2 is 1.50 bits per heavy atom. The van der Waals surface area contributed by atoms with E-state index in [1.165, 1.54) is 4.46 Å². The molecule has 0 spiro atoms. The summed E-state index contributed by atoms with van der Waals surface area (Å²) in [4.78, 5) is 0. The number of fused-ring (bicyclic) bond motifs is 1. The van der Waals surface area contributed by atoms with E-state index in [0.29, 0.717) is 13.2 Å². The van der Waals surface area contributed by atoms with E-state index in [0.717, 1.165) is 11.1 Å². The molecule has 0 amide bonds. The van der Waals surface area contributed by atoms with Crippen LogP contribution in [0.2, 0.25) is 0 Å². The molecule has 6 heteroatoms. The van der Waals surface area contributed by atoms with Crippen LogP contribution in [-0.2, 0) is 25.6 Å². The molecule has 32 heavy (non-hydrogen) atoms. The number of hydrogen-bond acceptors (Lipinski definition) is 5. The van der Waals surface area contributed by atoms with Crippen molar-refractivity contribution in [2.75, 3.05) is 6.61 Å². The van der Waals surface area contributed by atoms with E-state index < -0.39 is 24.6 Å². The first-order chi connectivity index (χ1) is 15.8. The van der Waals surface area contributed by atoms with Crippen LogP contribution in [0.1, 0.15) is 17.4 Å². The molecule has 5 rings (SSSR count). The predicted molar refractivity (Wildman–Crippen MR) is 122 cm³/mol. The quantitative estimate of drug-likeness (QED) is 0.531. The van der Waals surface area contributed by atoms with Crippen molar-refractivity contribution in [1.82, 2.24) is 0 Å². The summed E-state index contributed by atoms with van der Waals surface area (Å²) in [5.41, 5.74) is 1.98. The molecule has 2 saturated heterocycles. The van der Waals surface area contributed by atoms with Gasteiger partial charge in [-0.1, -0.05) is 0 Å². The van der Waals surface area contributed by atoms with Crippen LogP contribution in [0.5, 0.6) is 0 Å². The van der Waals surface area contributed by atoms with Gasteiger partial charge in [0.15, 0.2) is 0 Å². The Labute approximate surface area is 194 Å². The molecule has 2 aliphatic rings. The first kappa shape index (κ1) is 21.8. The Morgan fingerprint density at radius 1 is 0.844 bits per heavy atom. The van der Waals surface area contributed by atoms with Gasteiger partial charge in [-0.15, -0.1) is 0 Å². The van der Waals surface area contributed by atoms with E-state index in [4.69, 9.17) is 18.9 Å². The molecule has 3 aromatic carbocycles. The summed E-state index contributed by atoms with van der Waals surface area (Å²) in [5.74, 6) is 0. The van der Waals surface area contributed by atoms with Crippen molar-refractivity contribution < 1.29 is 24.1 Å². The fourth-order valence-corrected chi connectivity index (χ4v) is 6.44. The first-order valence-electron chi connectivity index (χ1n) is 10.8. The summed E-state index contributed by atoms with van der Waals surface area (Å²) in [5, 5.41) is 11.1. The SMILES string of the molecule is O[C@H]1[C@H]2O[C@@H](c3ccccc3)OC[C@H]2O[C@@H]([Se]c2ccccc2)[C@@H]1OCc1ccccc1. The molecule has 0 bridgehead atoms. The molecular formula is C26H26O5Se. The summed E-state index contributed by atoms with van der Waals surface area (Å²) in [6.07, 6.45) is -2.69. The van der Waals surface area contributed by atoms with E-state index in [-0.39, 0.29) is 26.1 Å². The Balaban J connectivity index is 1.35. The zero-order valence-electron chi connectivity index (χ0n) is 17.5. The number of benzene rings is 3. The number of hydrogen-bond donors (Lipinski definition) is 1. The summed E-state index contributed by atoms with van der Waals surface area (Å²) in [7, 11) is 0. The second-order valence-electron chi connectivity index (χ2n) is 7.90. The van der Waals surface area contributed by atoms with E-state index in [1.54, 1.807) is 0 Å². The van der Waals surface area contributed by atoms with Crippen molar-refractivity contribution in [3.8, 4) is 0 Å². The fraction of sp³-hybridized carbons (Fsp3) is 0.308. The minimum absolute atomic E-state index is 0.0369. The van der Waals surface area contributed by atoms with Gasteiger partial charge in [-0.2, -0.15) is 0 Å². The molecule has 0 aromatic heterocycles. The van der Waals surface area contributed by atoms with E-state index in [2.05, 4.69) is 12.1 Å². The first-order valence-corrected chi connectivity index (χ1v) is 12.7. The Kier molecular flexibility index (Phi) is 7.00. The van der Waals surface area contributed by atoms with Crippen LogP contribution in [0.4, 0.5) is 0 Å². The van der Waals surface area contributed by atoms with Crippen LogP contribution in [-0.4, -0.2) is 56.1 Å². The van der Waals surface area contributed by atoms with Crippen molar-refractivity contribution in [1.29, 1.82) is 0 Å². The molecule has 0 unspecified atom stereocenters. The summed E-state index contributed by atoms with van der Waals surface area (Å²) in [6.45, 7) is 0.775. The fourth-order valence-electron chi connectivity index (χ4n) is 4.02. The van der Waals surface area contributed by atoms with Crippen LogP contribution >= 0.6 is 0 Å². The van der Waals surface area contributed by atoms with Gasteiger partial charge in [-0.25, -0.2) is 0 Å². The summed E-state index contributed by atoms with van der Waals surface area (Å²) in [6, 6.07) is 30.0. The van der Waals surface area contributed by atoms with Crippen molar-refractivity contribution in [2.24, 2.45) is 0 Å².